The summed E-state index contributed by atoms with van der Waals surface area (Å²) < 4.78 is 17.5. The van der Waals surface area contributed by atoms with E-state index in [0.29, 0.717) is 25.1 Å². The van der Waals surface area contributed by atoms with Crippen molar-refractivity contribution in [3.63, 3.8) is 0 Å². The van der Waals surface area contributed by atoms with Crippen molar-refractivity contribution in [3.05, 3.63) is 0 Å². The third-order valence-electron chi connectivity index (χ3n) is 2.37. The largest absolute Gasteiger partial charge is 0.377 e. The summed E-state index contributed by atoms with van der Waals surface area (Å²) in [6.45, 7) is 2.87. The molecule has 0 aromatic heterocycles. The first-order chi connectivity index (χ1) is 6.36. The predicted molar refractivity (Wildman–Crippen MR) is 52.1 cm³/mol. The van der Waals surface area contributed by atoms with Crippen LogP contribution in [0.5, 0.6) is 0 Å². The molecule has 0 radical (unpaired) electrons. The Morgan fingerprint density at radius 1 is 1.38 bits per heavy atom. The van der Waals surface area contributed by atoms with Crippen molar-refractivity contribution in [1.29, 1.82) is 0 Å². The third kappa shape index (κ3) is 4.25. The van der Waals surface area contributed by atoms with E-state index >= 15 is 0 Å². The summed E-state index contributed by atoms with van der Waals surface area (Å²) in [5.41, 5.74) is 0. The molecule has 1 fully saturated rings. The number of likely N-dealkylation sites (tertiary alicyclic amines) is 1. The summed E-state index contributed by atoms with van der Waals surface area (Å²) in [6, 6.07) is 0. The van der Waals surface area contributed by atoms with Gasteiger partial charge in [0.25, 0.3) is 0 Å². The lowest BCUT2D eigenvalue weighted by Gasteiger charge is -2.30. The monoisotopic (exact) mass is 209 g/mol. The van der Waals surface area contributed by atoms with Gasteiger partial charge in [-0.05, 0) is 12.8 Å². The molecule has 0 unspecified atom stereocenters. The molecule has 2 nitrogen and oxygen atoms in total. The van der Waals surface area contributed by atoms with E-state index in [9.17, 15) is 4.39 Å². The van der Waals surface area contributed by atoms with E-state index in [2.05, 4.69) is 4.90 Å². The Hall–Kier alpha value is 0.140. The molecule has 1 aliphatic heterocycles. The quantitative estimate of drug-likeness (QED) is 0.639. The second kappa shape index (κ2) is 6.57. The topological polar surface area (TPSA) is 12.5 Å². The first-order valence-electron chi connectivity index (χ1n) is 4.82. The zero-order valence-corrected chi connectivity index (χ0v) is 8.60. The van der Waals surface area contributed by atoms with Gasteiger partial charge in [0.15, 0.2) is 0 Å². The fourth-order valence-corrected chi connectivity index (χ4v) is 1.72. The molecule has 13 heavy (non-hydrogen) atoms. The Labute approximate surface area is 84.0 Å². The van der Waals surface area contributed by atoms with Gasteiger partial charge in [0, 0.05) is 25.5 Å². The van der Waals surface area contributed by atoms with E-state index in [0.717, 1.165) is 25.9 Å². The molecule has 0 spiro atoms. The van der Waals surface area contributed by atoms with Crippen molar-refractivity contribution in [3.8, 4) is 0 Å². The molecule has 1 saturated heterocycles. The predicted octanol–water partition coefficient (Wildman–Crippen LogP) is 1.68. The number of ether oxygens (including phenoxy) is 1. The van der Waals surface area contributed by atoms with E-state index in [1.807, 2.05) is 0 Å². The van der Waals surface area contributed by atoms with Crippen LogP contribution in [-0.2, 0) is 4.74 Å². The molecule has 0 atom stereocenters. The van der Waals surface area contributed by atoms with Crippen LogP contribution in [0.2, 0.25) is 0 Å². The van der Waals surface area contributed by atoms with Gasteiger partial charge in [-0.25, -0.2) is 4.39 Å². The minimum Gasteiger partial charge on any atom is -0.377 e. The van der Waals surface area contributed by atoms with Crippen molar-refractivity contribution in [2.75, 3.05) is 38.8 Å². The molecular weight excluding hydrogens is 193 g/mol. The molecule has 0 aromatic carbocycles. The molecule has 1 rings (SSSR count). The minimum absolute atomic E-state index is 0.243. The van der Waals surface area contributed by atoms with Crippen molar-refractivity contribution in [1.82, 2.24) is 4.90 Å². The fraction of sp³-hybridized carbons (Fsp3) is 1.00. The molecule has 0 amide bonds. The number of halogens is 2. The lowest BCUT2D eigenvalue weighted by molar-refractivity contribution is 0.0142. The zero-order valence-electron chi connectivity index (χ0n) is 7.85. The number of rotatable bonds is 5. The van der Waals surface area contributed by atoms with Crippen LogP contribution in [0.25, 0.3) is 0 Å². The van der Waals surface area contributed by atoms with Crippen LogP contribution >= 0.6 is 11.6 Å². The van der Waals surface area contributed by atoms with Crippen molar-refractivity contribution in [2.24, 2.45) is 0 Å². The highest BCUT2D eigenvalue weighted by Gasteiger charge is 2.18. The van der Waals surface area contributed by atoms with Gasteiger partial charge in [-0.2, -0.15) is 0 Å². The number of hydrogen-bond acceptors (Lipinski definition) is 2. The van der Waals surface area contributed by atoms with E-state index in [1.54, 1.807) is 0 Å². The SMILES string of the molecule is FCCN1CCC(OCCCl)CC1. The Balaban J connectivity index is 2.08. The number of alkyl halides is 2. The summed E-state index contributed by atoms with van der Waals surface area (Å²) >= 11 is 5.51. The summed E-state index contributed by atoms with van der Waals surface area (Å²) in [5.74, 6) is 0.560. The molecule has 1 aliphatic rings. The maximum atomic E-state index is 12.0. The van der Waals surface area contributed by atoms with Crippen LogP contribution in [0.1, 0.15) is 12.8 Å². The second-order valence-corrected chi connectivity index (χ2v) is 3.67. The zero-order chi connectivity index (χ0) is 9.52. The number of hydrogen-bond donors (Lipinski definition) is 0. The molecule has 78 valence electrons. The Morgan fingerprint density at radius 2 is 2.08 bits per heavy atom. The van der Waals surface area contributed by atoms with E-state index in [4.69, 9.17) is 16.3 Å². The lowest BCUT2D eigenvalue weighted by Crippen LogP contribution is -2.38. The van der Waals surface area contributed by atoms with Gasteiger partial charge in [0.1, 0.15) is 6.67 Å². The first kappa shape index (κ1) is 11.2. The highest BCUT2D eigenvalue weighted by atomic mass is 35.5. The standard InChI is InChI=1S/C9H17ClFNO/c10-3-8-13-9-1-5-12(6-2-9)7-4-11/h9H,1-8H2. The summed E-state index contributed by atoms with van der Waals surface area (Å²) in [4.78, 5) is 2.14. The van der Waals surface area contributed by atoms with E-state index in [-0.39, 0.29) is 6.67 Å². The van der Waals surface area contributed by atoms with Crippen LogP contribution in [0.3, 0.4) is 0 Å². The van der Waals surface area contributed by atoms with Gasteiger partial charge in [-0.15, -0.1) is 11.6 Å². The lowest BCUT2D eigenvalue weighted by atomic mass is 10.1. The molecule has 0 aliphatic carbocycles. The average molecular weight is 210 g/mol. The van der Waals surface area contributed by atoms with Gasteiger partial charge in [0.2, 0.25) is 0 Å². The summed E-state index contributed by atoms with van der Waals surface area (Å²) in [5, 5.41) is 0. The van der Waals surface area contributed by atoms with E-state index in [1.165, 1.54) is 0 Å². The summed E-state index contributed by atoms with van der Waals surface area (Å²) in [7, 11) is 0. The normalized spacial score (nSPS) is 20.8. The molecule has 0 bridgehead atoms. The van der Waals surface area contributed by atoms with Gasteiger partial charge in [-0.3, -0.25) is 0 Å². The van der Waals surface area contributed by atoms with Crippen LogP contribution in [0.4, 0.5) is 4.39 Å². The molecule has 4 heteroatoms. The van der Waals surface area contributed by atoms with Gasteiger partial charge < -0.3 is 9.64 Å². The van der Waals surface area contributed by atoms with E-state index < -0.39 is 0 Å². The highest BCUT2D eigenvalue weighted by Crippen LogP contribution is 2.13. The first-order valence-corrected chi connectivity index (χ1v) is 5.36. The fourth-order valence-electron chi connectivity index (χ4n) is 1.63. The van der Waals surface area contributed by atoms with Gasteiger partial charge in [-0.1, -0.05) is 0 Å². The number of piperidine rings is 1. The van der Waals surface area contributed by atoms with Crippen molar-refractivity contribution >= 4 is 11.6 Å². The highest BCUT2D eigenvalue weighted by molar-refractivity contribution is 6.17. The third-order valence-corrected chi connectivity index (χ3v) is 2.52. The smallest absolute Gasteiger partial charge is 0.102 e. The average Bonchev–Trinajstić information content (AvgIpc) is 2.17. The Morgan fingerprint density at radius 3 is 2.62 bits per heavy atom. The maximum Gasteiger partial charge on any atom is 0.102 e. The summed E-state index contributed by atoms with van der Waals surface area (Å²) in [6.07, 6.45) is 2.36. The number of nitrogens with zero attached hydrogens (tertiary/aromatic N) is 1. The van der Waals surface area contributed by atoms with Gasteiger partial charge in [0.05, 0.1) is 12.7 Å². The van der Waals surface area contributed by atoms with Crippen LogP contribution in [0, 0.1) is 0 Å². The molecule has 0 aromatic rings. The minimum atomic E-state index is -0.243. The van der Waals surface area contributed by atoms with Crippen LogP contribution < -0.4 is 0 Å². The molecule has 1 heterocycles. The van der Waals surface area contributed by atoms with Crippen LogP contribution in [0.15, 0.2) is 0 Å². The molecule has 0 saturated carbocycles. The molecule has 0 N–H and O–H groups in total. The Kier molecular flexibility index (Phi) is 5.67. The van der Waals surface area contributed by atoms with Crippen molar-refractivity contribution in [2.45, 2.75) is 18.9 Å². The Bertz CT molecular complexity index is 129. The molecular formula is C9H17ClFNO. The second-order valence-electron chi connectivity index (χ2n) is 3.29. The van der Waals surface area contributed by atoms with Crippen LogP contribution in [-0.4, -0.2) is 49.8 Å². The van der Waals surface area contributed by atoms with Gasteiger partial charge >= 0.3 is 0 Å². The maximum absolute atomic E-state index is 12.0. The van der Waals surface area contributed by atoms with Crippen molar-refractivity contribution < 1.29 is 9.13 Å².